The second-order valence-electron chi connectivity index (χ2n) is 8.46. The Balaban J connectivity index is 0.000000308. The zero-order valence-corrected chi connectivity index (χ0v) is 21.5. The van der Waals surface area contributed by atoms with Gasteiger partial charge in [-0.3, -0.25) is 0 Å². The minimum absolute atomic E-state index is 0.303. The zero-order valence-electron chi connectivity index (χ0n) is 19.5. The van der Waals surface area contributed by atoms with Crippen molar-refractivity contribution in [3.63, 3.8) is 0 Å². The lowest BCUT2D eigenvalue weighted by atomic mass is 10.5. The van der Waals surface area contributed by atoms with Gasteiger partial charge in [-0.05, 0) is 27.2 Å². The average Bonchev–Trinajstić information content (AvgIpc) is 3.53. The Morgan fingerprint density at radius 2 is 1.17 bits per heavy atom. The minimum atomic E-state index is -2.51. The standard InChI is InChI=1S/C11H24O5Si.C9H20O2Si/c1-4-14-17(15-5-2,16-6-3)8-7-12-9-11-10-13-11;1-12(2,3)6-4-5-10-7-9-8-11-9/h11H,4-10H2,1-3H3;9H,4-8H2,1-3H3. The van der Waals surface area contributed by atoms with E-state index in [9.17, 15) is 0 Å². The molecule has 2 fully saturated rings. The highest BCUT2D eigenvalue weighted by Crippen LogP contribution is 2.17. The maximum absolute atomic E-state index is 5.72. The summed E-state index contributed by atoms with van der Waals surface area (Å²) in [6.07, 6.45) is 1.96. The lowest BCUT2D eigenvalue weighted by Crippen LogP contribution is -2.46. The third-order valence-corrected chi connectivity index (χ3v) is 9.13. The highest BCUT2D eigenvalue weighted by atomic mass is 28.4. The second kappa shape index (κ2) is 15.0. The van der Waals surface area contributed by atoms with E-state index in [1.807, 2.05) is 20.8 Å². The van der Waals surface area contributed by atoms with Crippen LogP contribution in [0.25, 0.3) is 0 Å². The number of hydrogen-bond donors (Lipinski definition) is 0. The Hall–Kier alpha value is 0.154. The van der Waals surface area contributed by atoms with Crippen molar-refractivity contribution in [2.24, 2.45) is 0 Å². The van der Waals surface area contributed by atoms with Gasteiger partial charge in [0.15, 0.2) is 0 Å². The fraction of sp³-hybridized carbons (Fsp3) is 1.00. The zero-order chi connectivity index (χ0) is 21.6. The van der Waals surface area contributed by atoms with Crippen LogP contribution in [-0.2, 0) is 32.2 Å². The largest absolute Gasteiger partial charge is 0.503 e. The first-order valence-corrected chi connectivity index (χ1v) is 16.8. The molecule has 2 atom stereocenters. The van der Waals surface area contributed by atoms with E-state index >= 15 is 0 Å². The number of epoxide rings is 2. The third kappa shape index (κ3) is 15.6. The highest BCUT2D eigenvalue weighted by Gasteiger charge is 2.40. The summed E-state index contributed by atoms with van der Waals surface area (Å²) in [7, 11) is -3.34. The van der Waals surface area contributed by atoms with E-state index in [-0.39, 0.29) is 0 Å². The van der Waals surface area contributed by atoms with Crippen LogP contribution >= 0.6 is 0 Å². The van der Waals surface area contributed by atoms with Gasteiger partial charge in [0.25, 0.3) is 0 Å². The number of hydrogen-bond acceptors (Lipinski definition) is 7. The molecule has 2 aliphatic rings. The van der Waals surface area contributed by atoms with Crippen LogP contribution < -0.4 is 0 Å². The first kappa shape index (κ1) is 27.2. The van der Waals surface area contributed by atoms with Crippen molar-refractivity contribution in [3.05, 3.63) is 0 Å². The van der Waals surface area contributed by atoms with E-state index in [4.69, 9.17) is 32.2 Å². The fourth-order valence-electron chi connectivity index (χ4n) is 2.66. The molecular formula is C20H44O7Si2. The van der Waals surface area contributed by atoms with Crippen molar-refractivity contribution >= 4 is 16.9 Å². The third-order valence-electron chi connectivity index (χ3n) is 4.27. The van der Waals surface area contributed by atoms with Gasteiger partial charge in [0.05, 0.1) is 33.0 Å². The quantitative estimate of drug-likeness (QED) is 0.190. The van der Waals surface area contributed by atoms with E-state index in [0.29, 0.717) is 51.3 Å². The van der Waals surface area contributed by atoms with Crippen LogP contribution in [0.3, 0.4) is 0 Å². The topological polar surface area (TPSA) is 71.2 Å². The summed E-state index contributed by atoms with van der Waals surface area (Å²) < 4.78 is 38.2. The maximum atomic E-state index is 5.72. The van der Waals surface area contributed by atoms with Crippen LogP contribution in [0.15, 0.2) is 0 Å². The first-order chi connectivity index (χ1) is 13.8. The van der Waals surface area contributed by atoms with Crippen molar-refractivity contribution in [2.75, 3.05) is 59.5 Å². The van der Waals surface area contributed by atoms with Gasteiger partial charge in [0, 0.05) is 40.5 Å². The molecule has 0 N–H and O–H groups in total. The van der Waals surface area contributed by atoms with Crippen molar-refractivity contribution in [3.8, 4) is 0 Å². The molecule has 0 saturated carbocycles. The van der Waals surface area contributed by atoms with Gasteiger partial charge in [-0.1, -0.05) is 25.7 Å². The molecule has 7 nitrogen and oxygen atoms in total. The van der Waals surface area contributed by atoms with Crippen molar-refractivity contribution < 1.29 is 32.2 Å². The van der Waals surface area contributed by atoms with E-state index in [0.717, 1.165) is 26.4 Å². The van der Waals surface area contributed by atoms with Crippen molar-refractivity contribution in [1.29, 1.82) is 0 Å². The summed E-state index contributed by atoms with van der Waals surface area (Å²) in [6, 6.07) is 2.08. The molecule has 0 spiro atoms. The summed E-state index contributed by atoms with van der Waals surface area (Å²) in [6.45, 7) is 19.6. The van der Waals surface area contributed by atoms with E-state index in [1.54, 1.807) is 0 Å². The monoisotopic (exact) mass is 452 g/mol. The molecule has 2 rings (SSSR count). The first-order valence-electron chi connectivity index (χ1n) is 11.1. The predicted octanol–water partition coefficient (Wildman–Crippen LogP) is 3.58. The minimum Gasteiger partial charge on any atom is -0.379 e. The molecular weight excluding hydrogens is 408 g/mol. The molecule has 0 amide bonds. The summed E-state index contributed by atoms with van der Waals surface area (Å²) in [5.74, 6) is 0. The van der Waals surface area contributed by atoms with Crippen LogP contribution in [0.5, 0.6) is 0 Å². The molecule has 0 bridgehead atoms. The lowest BCUT2D eigenvalue weighted by Gasteiger charge is -2.28. The molecule has 0 aliphatic carbocycles. The number of rotatable bonds is 17. The number of ether oxygens (including phenoxy) is 4. The summed E-state index contributed by atoms with van der Waals surface area (Å²) in [5, 5.41) is 0. The van der Waals surface area contributed by atoms with Gasteiger partial charge in [-0.25, -0.2) is 0 Å². The van der Waals surface area contributed by atoms with Crippen LogP contribution in [-0.4, -0.2) is 88.5 Å². The predicted molar refractivity (Wildman–Crippen MR) is 119 cm³/mol. The Morgan fingerprint density at radius 1 is 0.724 bits per heavy atom. The van der Waals surface area contributed by atoms with E-state index in [1.165, 1.54) is 12.5 Å². The van der Waals surface area contributed by atoms with Crippen molar-refractivity contribution in [1.82, 2.24) is 0 Å². The van der Waals surface area contributed by atoms with Gasteiger partial charge in [0.2, 0.25) is 0 Å². The van der Waals surface area contributed by atoms with Crippen molar-refractivity contribution in [2.45, 2.75) is 71.1 Å². The smallest absolute Gasteiger partial charge is 0.379 e. The summed E-state index contributed by atoms with van der Waals surface area (Å²) in [5.41, 5.74) is 0. The van der Waals surface area contributed by atoms with Crippen LogP contribution in [0.4, 0.5) is 0 Å². The molecule has 0 aromatic rings. The van der Waals surface area contributed by atoms with Crippen LogP contribution in [0.1, 0.15) is 27.2 Å². The molecule has 29 heavy (non-hydrogen) atoms. The fourth-order valence-corrected chi connectivity index (χ4v) is 6.26. The van der Waals surface area contributed by atoms with E-state index in [2.05, 4.69) is 19.6 Å². The molecule has 2 saturated heterocycles. The average molecular weight is 453 g/mol. The van der Waals surface area contributed by atoms with Crippen LogP contribution in [0.2, 0.25) is 31.7 Å². The Labute approximate surface area is 180 Å². The molecule has 2 unspecified atom stereocenters. The lowest BCUT2D eigenvalue weighted by molar-refractivity contribution is 0.0556. The Morgan fingerprint density at radius 3 is 1.55 bits per heavy atom. The molecule has 2 heterocycles. The van der Waals surface area contributed by atoms with Gasteiger partial charge in [-0.15, -0.1) is 0 Å². The van der Waals surface area contributed by atoms with Gasteiger partial charge in [-0.2, -0.15) is 0 Å². The molecule has 0 aromatic carbocycles. The van der Waals surface area contributed by atoms with Gasteiger partial charge < -0.3 is 32.2 Å². The SMILES string of the molecule is CCO[Si](CCOCC1CO1)(OCC)OCC.C[Si](C)(C)CCCOCC1CO1. The van der Waals surface area contributed by atoms with Crippen LogP contribution in [0, 0.1) is 0 Å². The summed E-state index contributed by atoms with van der Waals surface area (Å²) in [4.78, 5) is 0. The molecule has 0 radical (unpaired) electrons. The van der Waals surface area contributed by atoms with Gasteiger partial charge >= 0.3 is 8.80 Å². The highest BCUT2D eigenvalue weighted by molar-refractivity contribution is 6.76. The second-order valence-corrected chi connectivity index (χ2v) is 16.8. The molecule has 174 valence electrons. The Kier molecular flexibility index (Phi) is 14.1. The van der Waals surface area contributed by atoms with E-state index < -0.39 is 16.9 Å². The molecule has 0 aromatic heterocycles. The Bertz CT molecular complexity index is 382. The normalized spacial score (nSPS) is 20.9. The van der Waals surface area contributed by atoms with Gasteiger partial charge in [0.1, 0.15) is 12.2 Å². The molecule has 2 aliphatic heterocycles. The summed E-state index contributed by atoms with van der Waals surface area (Å²) >= 11 is 0. The molecule has 9 heteroatoms. The maximum Gasteiger partial charge on any atom is 0.503 e.